The third-order valence-corrected chi connectivity index (χ3v) is 8.39. The molecule has 5 rings (SSSR count). The van der Waals surface area contributed by atoms with Crippen LogP contribution in [0, 0.1) is 5.41 Å². The van der Waals surface area contributed by atoms with Gasteiger partial charge < -0.3 is 25.2 Å². The van der Waals surface area contributed by atoms with Gasteiger partial charge in [0, 0.05) is 43.2 Å². The standard InChI is InChI=1S/C30H36N6O3S/c1-30(2,3)21(17-36(29(38)39)18-26-32-22-11-5-6-12-23(22)33-26)28-34-24(19-40-28)27(37)31-16-20-10-4-7-13-25(20)35-14-8-9-15-35/h4-7,10-13,19,21H,8-9,14-18H2,1-3H3,(H,31,37)(H,32,33)(H,38,39). The third kappa shape index (κ3) is 6.28. The number of aromatic amines is 1. The zero-order valence-electron chi connectivity index (χ0n) is 23.2. The lowest BCUT2D eigenvalue weighted by molar-refractivity contribution is 0.0945. The molecule has 1 unspecified atom stereocenters. The molecule has 10 heteroatoms. The first-order valence-corrected chi connectivity index (χ1v) is 14.5. The van der Waals surface area contributed by atoms with Crippen LogP contribution < -0.4 is 10.2 Å². The van der Waals surface area contributed by atoms with Crippen molar-refractivity contribution < 1.29 is 14.7 Å². The molecule has 1 aliphatic heterocycles. The van der Waals surface area contributed by atoms with E-state index in [4.69, 9.17) is 4.98 Å². The van der Waals surface area contributed by atoms with E-state index in [2.05, 4.69) is 53.1 Å². The van der Waals surface area contributed by atoms with E-state index >= 15 is 0 Å². The predicted molar refractivity (Wildman–Crippen MR) is 158 cm³/mol. The molecule has 1 aliphatic rings. The number of thiazole rings is 1. The highest BCUT2D eigenvalue weighted by atomic mass is 32.1. The van der Waals surface area contributed by atoms with Gasteiger partial charge in [0.1, 0.15) is 11.5 Å². The maximum atomic E-state index is 13.1. The average molecular weight is 561 g/mol. The van der Waals surface area contributed by atoms with Gasteiger partial charge in [0.2, 0.25) is 0 Å². The fourth-order valence-electron chi connectivity index (χ4n) is 5.16. The number of amides is 2. The lowest BCUT2D eigenvalue weighted by atomic mass is 9.80. The molecule has 4 aromatic rings. The van der Waals surface area contributed by atoms with Gasteiger partial charge in [0.25, 0.3) is 5.91 Å². The first kappa shape index (κ1) is 27.6. The number of rotatable bonds is 9. The largest absolute Gasteiger partial charge is 0.465 e. The molecule has 0 bridgehead atoms. The zero-order valence-corrected chi connectivity index (χ0v) is 24.0. The fourth-order valence-corrected chi connectivity index (χ4v) is 6.29. The van der Waals surface area contributed by atoms with Crippen LogP contribution in [-0.2, 0) is 13.1 Å². The van der Waals surface area contributed by atoms with Crippen molar-refractivity contribution in [1.82, 2.24) is 25.2 Å². The Morgan fingerprint density at radius 2 is 1.82 bits per heavy atom. The first-order chi connectivity index (χ1) is 19.2. The van der Waals surface area contributed by atoms with Crippen LogP contribution in [0.4, 0.5) is 10.5 Å². The summed E-state index contributed by atoms with van der Waals surface area (Å²) in [4.78, 5) is 41.6. The Hall–Kier alpha value is -3.92. The van der Waals surface area contributed by atoms with Crippen molar-refractivity contribution in [2.75, 3.05) is 24.5 Å². The lowest BCUT2D eigenvalue weighted by Crippen LogP contribution is -2.37. The van der Waals surface area contributed by atoms with Crippen molar-refractivity contribution >= 4 is 40.1 Å². The molecule has 0 spiro atoms. The summed E-state index contributed by atoms with van der Waals surface area (Å²) in [7, 11) is 0. The first-order valence-electron chi connectivity index (χ1n) is 13.7. The Morgan fingerprint density at radius 1 is 1.10 bits per heavy atom. The van der Waals surface area contributed by atoms with Gasteiger partial charge in [-0.2, -0.15) is 0 Å². The predicted octanol–water partition coefficient (Wildman–Crippen LogP) is 5.86. The number of nitrogens with one attached hydrogen (secondary N) is 2. The minimum Gasteiger partial charge on any atom is -0.465 e. The molecule has 2 aromatic carbocycles. The van der Waals surface area contributed by atoms with Gasteiger partial charge >= 0.3 is 6.09 Å². The number of nitrogens with zero attached hydrogens (tertiary/aromatic N) is 4. The Bertz CT molecular complexity index is 1450. The minimum absolute atomic E-state index is 0.131. The van der Waals surface area contributed by atoms with Gasteiger partial charge in [-0.05, 0) is 42.0 Å². The van der Waals surface area contributed by atoms with E-state index in [9.17, 15) is 14.7 Å². The van der Waals surface area contributed by atoms with Crippen LogP contribution >= 0.6 is 11.3 Å². The number of hydrogen-bond donors (Lipinski definition) is 3. The normalized spacial score (nSPS) is 14.4. The SMILES string of the molecule is CC(C)(C)C(CN(Cc1nc2ccccc2[nH]1)C(=O)O)c1nc(C(=O)NCc2ccccc2N2CCCC2)cs1. The molecule has 2 amide bonds. The van der Waals surface area contributed by atoms with Crippen LogP contribution in [0.15, 0.2) is 53.9 Å². The van der Waals surface area contributed by atoms with E-state index in [0.717, 1.165) is 34.7 Å². The smallest absolute Gasteiger partial charge is 0.407 e. The number of anilines is 1. The zero-order chi connectivity index (χ0) is 28.3. The summed E-state index contributed by atoms with van der Waals surface area (Å²) < 4.78 is 0. The van der Waals surface area contributed by atoms with E-state index in [-0.39, 0.29) is 30.3 Å². The second-order valence-electron chi connectivity index (χ2n) is 11.4. The molecule has 3 heterocycles. The van der Waals surface area contributed by atoms with Crippen LogP contribution in [0.25, 0.3) is 11.0 Å². The van der Waals surface area contributed by atoms with Crippen LogP contribution in [0.3, 0.4) is 0 Å². The molecule has 1 atom stereocenters. The molecular formula is C30H36N6O3S. The summed E-state index contributed by atoms with van der Waals surface area (Å²) in [5.74, 6) is 0.142. The number of hydrogen-bond acceptors (Lipinski definition) is 6. The molecule has 210 valence electrons. The van der Waals surface area contributed by atoms with Crippen molar-refractivity contribution in [2.45, 2.75) is 52.6 Å². The minimum atomic E-state index is -1.03. The van der Waals surface area contributed by atoms with Crippen molar-refractivity contribution in [2.24, 2.45) is 5.41 Å². The highest BCUT2D eigenvalue weighted by Crippen LogP contribution is 2.37. The van der Waals surface area contributed by atoms with Crippen molar-refractivity contribution in [1.29, 1.82) is 0 Å². The Labute approximate surface area is 238 Å². The monoisotopic (exact) mass is 560 g/mol. The molecule has 3 N–H and O–H groups in total. The van der Waals surface area contributed by atoms with E-state index in [1.807, 2.05) is 36.4 Å². The Balaban J connectivity index is 1.29. The van der Waals surface area contributed by atoms with Gasteiger partial charge in [-0.25, -0.2) is 14.8 Å². The molecular weight excluding hydrogens is 524 g/mol. The van der Waals surface area contributed by atoms with Gasteiger partial charge in [-0.15, -0.1) is 11.3 Å². The topological polar surface area (TPSA) is 114 Å². The van der Waals surface area contributed by atoms with Gasteiger partial charge in [-0.1, -0.05) is 51.1 Å². The number of imidazole rings is 1. The van der Waals surface area contributed by atoms with E-state index in [1.165, 1.54) is 34.8 Å². The van der Waals surface area contributed by atoms with Crippen LogP contribution in [0.5, 0.6) is 0 Å². The summed E-state index contributed by atoms with van der Waals surface area (Å²) in [6, 6.07) is 15.8. The molecule has 1 saturated heterocycles. The molecule has 0 saturated carbocycles. The number of carbonyl (C=O) groups is 2. The average Bonchev–Trinajstić information content (AvgIpc) is 3.69. The van der Waals surface area contributed by atoms with Gasteiger partial charge in [-0.3, -0.25) is 4.79 Å². The van der Waals surface area contributed by atoms with E-state index < -0.39 is 6.09 Å². The Kier molecular flexibility index (Phi) is 8.07. The third-order valence-electron chi connectivity index (χ3n) is 7.43. The highest BCUT2D eigenvalue weighted by Gasteiger charge is 2.33. The summed E-state index contributed by atoms with van der Waals surface area (Å²) >= 11 is 1.40. The number of para-hydroxylation sites is 3. The molecule has 9 nitrogen and oxygen atoms in total. The number of carbonyl (C=O) groups excluding carboxylic acids is 1. The molecule has 0 aliphatic carbocycles. The van der Waals surface area contributed by atoms with Crippen LogP contribution in [-0.4, -0.2) is 56.6 Å². The summed E-state index contributed by atoms with van der Waals surface area (Å²) in [6.45, 7) is 9.06. The molecule has 1 fully saturated rings. The second kappa shape index (κ2) is 11.7. The molecule has 2 aromatic heterocycles. The van der Waals surface area contributed by atoms with E-state index in [1.54, 1.807) is 5.38 Å². The lowest BCUT2D eigenvalue weighted by Gasteiger charge is -2.32. The number of benzene rings is 2. The maximum absolute atomic E-state index is 13.1. The van der Waals surface area contributed by atoms with Crippen LogP contribution in [0.1, 0.15) is 66.4 Å². The number of carboxylic acid groups (broad SMARTS) is 1. The number of H-pyrrole nitrogens is 1. The van der Waals surface area contributed by atoms with E-state index in [0.29, 0.717) is 18.1 Å². The molecule has 0 radical (unpaired) electrons. The summed E-state index contributed by atoms with van der Waals surface area (Å²) in [5.41, 5.74) is 3.99. The summed E-state index contributed by atoms with van der Waals surface area (Å²) in [6.07, 6.45) is 1.35. The number of aromatic nitrogens is 3. The van der Waals surface area contributed by atoms with Crippen molar-refractivity contribution in [3.05, 3.63) is 76.0 Å². The van der Waals surface area contributed by atoms with Gasteiger partial charge in [0.15, 0.2) is 0 Å². The second-order valence-corrected chi connectivity index (χ2v) is 12.2. The highest BCUT2D eigenvalue weighted by molar-refractivity contribution is 7.10. The Morgan fingerprint density at radius 3 is 2.55 bits per heavy atom. The summed E-state index contributed by atoms with van der Waals surface area (Å²) in [5, 5.41) is 15.6. The number of fused-ring (bicyclic) bond motifs is 1. The quantitative estimate of drug-likeness (QED) is 0.236. The van der Waals surface area contributed by atoms with Crippen molar-refractivity contribution in [3.63, 3.8) is 0 Å². The fraction of sp³-hybridized carbons (Fsp3) is 0.400. The van der Waals surface area contributed by atoms with Gasteiger partial charge in [0.05, 0.1) is 22.6 Å². The van der Waals surface area contributed by atoms with Crippen molar-refractivity contribution in [3.8, 4) is 0 Å². The maximum Gasteiger partial charge on any atom is 0.407 e. The molecule has 40 heavy (non-hydrogen) atoms. The van der Waals surface area contributed by atoms with Crippen LogP contribution in [0.2, 0.25) is 0 Å².